The Hall–Kier alpha value is -2.07. The number of rotatable bonds is 1. The number of carbonyl (C=O) groups is 1. The molecule has 4 nitrogen and oxygen atoms in total. The van der Waals surface area contributed by atoms with Crippen molar-refractivity contribution in [3.63, 3.8) is 0 Å². The Morgan fingerprint density at radius 2 is 2.00 bits per heavy atom. The first kappa shape index (κ1) is 15.5. The zero-order valence-corrected chi connectivity index (χ0v) is 14.3. The zero-order chi connectivity index (χ0) is 16.7. The van der Waals surface area contributed by atoms with Gasteiger partial charge in [-0.15, -0.1) is 0 Å². The van der Waals surface area contributed by atoms with Crippen LogP contribution in [-0.2, 0) is 4.74 Å². The number of benzene rings is 1. The number of fused-ring (bicyclic) bond motifs is 1. The molecule has 0 aliphatic carbocycles. The van der Waals surface area contributed by atoms with Crippen LogP contribution in [0.2, 0.25) is 0 Å². The molecule has 24 heavy (non-hydrogen) atoms. The molecular weight excluding hydrogens is 302 g/mol. The number of para-hydroxylation sites is 1. The standard InChI is InChI=1S/C20H23NO3/c1-14-6-11-23-20(13-14)7-9-21(10-8-20)19(22)17-5-3-4-16-12-15(2)24-18(16)17/h3-5,12-13H,6-11H2,1-2H3. The van der Waals surface area contributed by atoms with Crippen molar-refractivity contribution in [2.45, 2.75) is 38.7 Å². The first-order chi connectivity index (χ1) is 11.6. The molecule has 2 aliphatic heterocycles. The molecule has 0 N–H and O–H groups in total. The first-order valence-corrected chi connectivity index (χ1v) is 8.67. The number of furan rings is 1. The number of ether oxygens (including phenoxy) is 1. The van der Waals surface area contributed by atoms with Crippen molar-refractivity contribution in [3.8, 4) is 0 Å². The predicted octanol–water partition coefficient (Wildman–Crippen LogP) is 4.08. The number of aryl methyl sites for hydroxylation is 1. The monoisotopic (exact) mass is 325 g/mol. The molecule has 4 heteroatoms. The quantitative estimate of drug-likeness (QED) is 0.742. The number of likely N-dealkylation sites (tertiary alicyclic amines) is 1. The van der Waals surface area contributed by atoms with Gasteiger partial charge in [0.15, 0.2) is 0 Å². The highest BCUT2D eigenvalue weighted by Gasteiger charge is 2.37. The molecule has 0 bridgehead atoms. The molecule has 1 amide bonds. The van der Waals surface area contributed by atoms with E-state index in [1.54, 1.807) is 0 Å². The molecule has 2 aromatic rings. The molecule has 0 radical (unpaired) electrons. The largest absolute Gasteiger partial charge is 0.461 e. The lowest BCUT2D eigenvalue weighted by Crippen LogP contribution is -2.48. The third-order valence-corrected chi connectivity index (χ3v) is 5.19. The summed E-state index contributed by atoms with van der Waals surface area (Å²) in [6.45, 7) is 6.31. The van der Waals surface area contributed by atoms with Crippen LogP contribution in [-0.4, -0.2) is 36.1 Å². The van der Waals surface area contributed by atoms with E-state index in [0.717, 1.165) is 50.1 Å². The van der Waals surface area contributed by atoms with Crippen LogP contribution < -0.4 is 0 Å². The minimum atomic E-state index is -0.160. The van der Waals surface area contributed by atoms with E-state index in [-0.39, 0.29) is 11.5 Å². The lowest BCUT2D eigenvalue weighted by molar-refractivity contribution is -0.0522. The van der Waals surface area contributed by atoms with Gasteiger partial charge in [0.2, 0.25) is 0 Å². The van der Waals surface area contributed by atoms with Gasteiger partial charge in [0, 0.05) is 18.5 Å². The lowest BCUT2D eigenvalue weighted by Gasteiger charge is -2.42. The van der Waals surface area contributed by atoms with Gasteiger partial charge in [0.05, 0.1) is 17.8 Å². The highest BCUT2D eigenvalue weighted by atomic mass is 16.5. The van der Waals surface area contributed by atoms with Gasteiger partial charge < -0.3 is 14.1 Å². The van der Waals surface area contributed by atoms with Crippen molar-refractivity contribution in [1.82, 2.24) is 4.90 Å². The van der Waals surface area contributed by atoms with Crippen LogP contribution >= 0.6 is 0 Å². The van der Waals surface area contributed by atoms with Crippen LogP contribution in [0.5, 0.6) is 0 Å². The minimum absolute atomic E-state index is 0.0568. The van der Waals surface area contributed by atoms with Crippen molar-refractivity contribution >= 4 is 16.9 Å². The molecule has 3 heterocycles. The molecular formula is C20H23NO3. The second kappa shape index (κ2) is 5.78. The van der Waals surface area contributed by atoms with Crippen molar-refractivity contribution in [1.29, 1.82) is 0 Å². The van der Waals surface area contributed by atoms with Crippen LogP contribution in [0.25, 0.3) is 11.0 Å². The fraction of sp³-hybridized carbons (Fsp3) is 0.450. The summed E-state index contributed by atoms with van der Waals surface area (Å²) in [5.74, 6) is 0.889. The third kappa shape index (κ3) is 2.65. The molecule has 4 rings (SSSR count). The molecule has 1 spiro atoms. The molecule has 0 saturated carbocycles. The summed E-state index contributed by atoms with van der Waals surface area (Å²) in [4.78, 5) is 14.9. The van der Waals surface area contributed by atoms with Gasteiger partial charge >= 0.3 is 0 Å². The Kier molecular flexibility index (Phi) is 3.72. The molecule has 0 unspecified atom stereocenters. The van der Waals surface area contributed by atoms with Gasteiger partial charge in [-0.05, 0) is 45.2 Å². The maximum absolute atomic E-state index is 13.0. The summed E-state index contributed by atoms with van der Waals surface area (Å²) in [7, 11) is 0. The number of amides is 1. The van der Waals surface area contributed by atoms with Crippen LogP contribution in [0.4, 0.5) is 0 Å². The Balaban J connectivity index is 1.55. The summed E-state index contributed by atoms with van der Waals surface area (Å²) in [5.41, 5.74) is 2.60. The Bertz CT molecular complexity index is 809. The van der Waals surface area contributed by atoms with E-state index in [1.807, 2.05) is 36.1 Å². The second-order valence-corrected chi connectivity index (χ2v) is 7.03. The van der Waals surface area contributed by atoms with E-state index in [4.69, 9.17) is 9.15 Å². The number of nitrogens with zero attached hydrogens (tertiary/aromatic N) is 1. The van der Waals surface area contributed by atoms with Gasteiger partial charge in [-0.25, -0.2) is 0 Å². The molecule has 126 valence electrons. The van der Waals surface area contributed by atoms with E-state index in [1.165, 1.54) is 5.57 Å². The fourth-order valence-electron chi connectivity index (χ4n) is 3.89. The Morgan fingerprint density at radius 1 is 1.21 bits per heavy atom. The molecule has 2 aliphatic rings. The van der Waals surface area contributed by atoms with E-state index in [9.17, 15) is 4.79 Å². The van der Waals surface area contributed by atoms with Crippen molar-refractivity contribution < 1.29 is 13.9 Å². The average Bonchev–Trinajstić information content (AvgIpc) is 2.95. The highest BCUT2D eigenvalue weighted by Crippen LogP contribution is 2.34. The van der Waals surface area contributed by atoms with Gasteiger partial charge in [0.1, 0.15) is 11.3 Å². The van der Waals surface area contributed by atoms with Gasteiger partial charge in [-0.3, -0.25) is 4.79 Å². The highest BCUT2D eigenvalue weighted by molar-refractivity contribution is 6.05. The zero-order valence-electron chi connectivity index (χ0n) is 14.3. The minimum Gasteiger partial charge on any atom is -0.461 e. The van der Waals surface area contributed by atoms with E-state index in [0.29, 0.717) is 11.1 Å². The van der Waals surface area contributed by atoms with Gasteiger partial charge in [0.25, 0.3) is 5.91 Å². The van der Waals surface area contributed by atoms with Gasteiger partial charge in [-0.1, -0.05) is 23.8 Å². The normalized spacial score (nSPS) is 20.4. The summed E-state index contributed by atoms with van der Waals surface area (Å²) in [6.07, 6.45) is 5.02. The molecule has 1 fully saturated rings. The molecule has 1 aromatic carbocycles. The maximum Gasteiger partial charge on any atom is 0.257 e. The van der Waals surface area contributed by atoms with E-state index < -0.39 is 0 Å². The number of hydrogen-bond donors (Lipinski definition) is 0. The summed E-state index contributed by atoms with van der Waals surface area (Å²) >= 11 is 0. The SMILES string of the molecule is CC1=CC2(CCN(C(=O)c3cccc4cc(C)oc34)CC2)OCC1. The third-order valence-electron chi connectivity index (χ3n) is 5.19. The predicted molar refractivity (Wildman–Crippen MR) is 93.1 cm³/mol. The van der Waals surface area contributed by atoms with Crippen molar-refractivity contribution in [3.05, 3.63) is 47.2 Å². The lowest BCUT2D eigenvalue weighted by atomic mass is 9.87. The Labute approximate surface area is 142 Å². The van der Waals surface area contributed by atoms with Crippen LogP contribution in [0.15, 0.2) is 40.3 Å². The number of carbonyl (C=O) groups excluding carboxylic acids is 1. The fourth-order valence-corrected chi connectivity index (χ4v) is 3.89. The second-order valence-electron chi connectivity index (χ2n) is 7.03. The van der Waals surface area contributed by atoms with Crippen LogP contribution in [0.3, 0.4) is 0 Å². The molecule has 1 saturated heterocycles. The smallest absolute Gasteiger partial charge is 0.257 e. The van der Waals surface area contributed by atoms with Crippen molar-refractivity contribution in [2.75, 3.05) is 19.7 Å². The molecule has 1 aromatic heterocycles. The van der Waals surface area contributed by atoms with Crippen LogP contribution in [0, 0.1) is 6.92 Å². The van der Waals surface area contributed by atoms with Gasteiger partial charge in [-0.2, -0.15) is 0 Å². The maximum atomic E-state index is 13.0. The topological polar surface area (TPSA) is 42.7 Å². The number of hydrogen-bond acceptors (Lipinski definition) is 3. The Morgan fingerprint density at radius 3 is 2.75 bits per heavy atom. The summed E-state index contributed by atoms with van der Waals surface area (Å²) in [5, 5.41) is 0.987. The van der Waals surface area contributed by atoms with E-state index >= 15 is 0 Å². The van der Waals surface area contributed by atoms with E-state index in [2.05, 4.69) is 13.0 Å². The first-order valence-electron chi connectivity index (χ1n) is 8.67. The average molecular weight is 325 g/mol. The summed E-state index contributed by atoms with van der Waals surface area (Å²) < 4.78 is 11.8. The van der Waals surface area contributed by atoms with Crippen molar-refractivity contribution in [2.24, 2.45) is 0 Å². The number of piperidine rings is 1. The summed E-state index contributed by atoms with van der Waals surface area (Å²) in [6, 6.07) is 7.74. The molecule has 0 atom stereocenters. The van der Waals surface area contributed by atoms with Crippen LogP contribution in [0.1, 0.15) is 42.3 Å².